The number of carbonyl (C=O) groups is 1. The molecule has 1 fully saturated rings. The molecule has 0 atom stereocenters. The number of amides is 1. The van der Waals surface area contributed by atoms with Crippen molar-refractivity contribution >= 4 is 22.6 Å². The summed E-state index contributed by atoms with van der Waals surface area (Å²) < 4.78 is 3.95. The first-order valence-corrected chi connectivity index (χ1v) is 9.08. The molecular formula is C19H19N7O. The third-order valence-electron chi connectivity index (χ3n) is 5.29. The topological polar surface area (TPSA) is 81.2 Å². The molecule has 0 bridgehead atoms. The van der Waals surface area contributed by atoms with Gasteiger partial charge < -0.3 is 9.47 Å². The molecular weight excluding hydrogens is 342 g/mol. The number of fused-ring (bicyclic) bond motifs is 2. The van der Waals surface area contributed by atoms with Crippen molar-refractivity contribution in [2.24, 2.45) is 0 Å². The Bertz CT molecular complexity index is 1140. The molecule has 0 N–H and O–H groups in total. The van der Waals surface area contributed by atoms with Crippen LogP contribution in [-0.2, 0) is 4.79 Å². The van der Waals surface area contributed by atoms with Crippen LogP contribution in [0.4, 0.5) is 0 Å². The van der Waals surface area contributed by atoms with Crippen LogP contribution in [0.15, 0.2) is 43.1 Å². The number of piperidine rings is 1. The van der Waals surface area contributed by atoms with Crippen LogP contribution in [0.1, 0.15) is 25.8 Å². The number of rotatable bonds is 2. The molecule has 5 rings (SSSR count). The van der Waals surface area contributed by atoms with Crippen molar-refractivity contribution in [3.8, 4) is 11.4 Å². The van der Waals surface area contributed by atoms with Gasteiger partial charge in [-0.1, -0.05) is 6.07 Å². The molecule has 27 heavy (non-hydrogen) atoms. The Hall–Kier alpha value is -3.29. The van der Waals surface area contributed by atoms with E-state index in [0.717, 1.165) is 48.2 Å². The van der Waals surface area contributed by atoms with Crippen LogP contribution in [0.2, 0.25) is 0 Å². The maximum Gasteiger partial charge on any atom is 0.219 e. The first-order valence-electron chi connectivity index (χ1n) is 9.08. The first-order chi connectivity index (χ1) is 13.2. The van der Waals surface area contributed by atoms with E-state index in [9.17, 15) is 4.79 Å². The van der Waals surface area contributed by atoms with E-state index in [1.54, 1.807) is 19.3 Å². The van der Waals surface area contributed by atoms with Crippen LogP contribution in [0.25, 0.3) is 28.1 Å². The van der Waals surface area contributed by atoms with Crippen molar-refractivity contribution in [3.05, 3.63) is 43.1 Å². The zero-order valence-corrected chi connectivity index (χ0v) is 15.0. The second-order valence-electron chi connectivity index (χ2n) is 6.88. The van der Waals surface area contributed by atoms with Crippen molar-refractivity contribution in [3.63, 3.8) is 0 Å². The molecule has 5 heterocycles. The highest BCUT2D eigenvalue weighted by molar-refractivity contribution is 5.79. The minimum atomic E-state index is 0.140. The minimum absolute atomic E-state index is 0.140. The van der Waals surface area contributed by atoms with Gasteiger partial charge >= 0.3 is 0 Å². The summed E-state index contributed by atoms with van der Waals surface area (Å²) >= 11 is 0. The Morgan fingerprint density at radius 1 is 1.15 bits per heavy atom. The van der Waals surface area contributed by atoms with E-state index >= 15 is 0 Å². The molecule has 0 spiro atoms. The largest absolute Gasteiger partial charge is 0.343 e. The van der Waals surface area contributed by atoms with Gasteiger partial charge in [-0.15, -0.1) is 0 Å². The molecule has 1 aliphatic rings. The number of hydrogen-bond acceptors (Lipinski definition) is 5. The summed E-state index contributed by atoms with van der Waals surface area (Å²) in [4.78, 5) is 27.2. The molecule has 136 valence electrons. The maximum absolute atomic E-state index is 11.6. The molecule has 8 heteroatoms. The molecule has 4 aromatic rings. The molecule has 4 aromatic heterocycles. The lowest BCUT2D eigenvalue weighted by molar-refractivity contribution is -0.130. The fraction of sp³-hybridized carbons (Fsp3) is 0.316. The van der Waals surface area contributed by atoms with E-state index in [2.05, 4.69) is 19.6 Å². The van der Waals surface area contributed by atoms with Crippen LogP contribution in [0, 0.1) is 0 Å². The Morgan fingerprint density at radius 2 is 2.00 bits per heavy atom. The first kappa shape index (κ1) is 15.9. The summed E-state index contributed by atoms with van der Waals surface area (Å²) in [6.07, 6.45) is 9.12. The number of nitrogens with zero attached hydrogens (tertiary/aromatic N) is 7. The SMILES string of the molecule is CC(=O)N1CCC(n2cnc3cnc(-c4cnn5ccccc45)nc32)CC1. The van der Waals surface area contributed by atoms with Gasteiger partial charge in [-0.3, -0.25) is 4.79 Å². The van der Waals surface area contributed by atoms with E-state index in [1.807, 2.05) is 40.1 Å². The minimum Gasteiger partial charge on any atom is -0.343 e. The van der Waals surface area contributed by atoms with E-state index in [-0.39, 0.29) is 11.9 Å². The van der Waals surface area contributed by atoms with Crippen molar-refractivity contribution in [1.82, 2.24) is 34.0 Å². The van der Waals surface area contributed by atoms with Crippen molar-refractivity contribution < 1.29 is 4.79 Å². The summed E-state index contributed by atoms with van der Waals surface area (Å²) in [5.41, 5.74) is 3.48. The fourth-order valence-corrected chi connectivity index (χ4v) is 3.79. The van der Waals surface area contributed by atoms with Gasteiger partial charge in [-0.05, 0) is 25.0 Å². The number of pyridine rings is 1. The van der Waals surface area contributed by atoms with Gasteiger partial charge in [0, 0.05) is 32.3 Å². The van der Waals surface area contributed by atoms with Gasteiger partial charge in [0.15, 0.2) is 11.5 Å². The predicted molar refractivity (Wildman–Crippen MR) is 100 cm³/mol. The summed E-state index contributed by atoms with van der Waals surface area (Å²) in [5.74, 6) is 0.785. The smallest absolute Gasteiger partial charge is 0.219 e. The maximum atomic E-state index is 11.6. The van der Waals surface area contributed by atoms with Gasteiger partial charge in [0.2, 0.25) is 5.91 Å². The van der Waals surface area contributed by atoms with Gasteiger partial charge in [0.05, 0.1) is 29.8 Å². The van der Waals surface area contributed by atoms with Gasteiger partial charge in [-0.2, -0.15) is 5.10 Å². The molecule has 8 nitrogen and oxygen atoms in total. The Balaban J connectivity index is 1.53. The number of aromatic nitrogens is 6. The second-order valence-corrected chi connectivity index (χ2v) is 6.88. The number of hydrogen-bond donors (Lipinski definition) is 0. The van der Waals surface area contributed by atoms with Crippen LogP contribution >= 0.6 is 0 Å². The molecule has 1 saturated heterocycles. The zero-order chi connectivity index (χ0) is 18.4. The lowest BCUT2D eigenvalue weighted by atomic mass is 10.0. The average Bonchev–Trinajstić information content (AvgIpc) is 3.32. The quantitative estimate of drug-likeness (QED) is 0.547. The highest BCUT2D eigenvalue weighted by atomic mass is 16.2. The molecule has 1 aliphatic heterocycles. The number of imidazole rings is 1. The van der Waals surface area contributed by atoms with E-state index in [1.165, 1.54) is 0 Å². The Labute approximate surface area is 155 Å². The predicted octanol–water partition coefficient (Wildman–Crippen LogP) is 2.32. The lowest BCUT2D eigenvalue weighted by Gasteiger charge is -2.31. The third kappa shape index (κ3) is 2.64. The molecule has 1 amide bonds. The number of carbonyl (C=O) groups excluding carboxylic acids is 1. The Kier molecular flexibility index (Phi) is 3.63. The van der Waals surface area contributed by atoms with Crippen molar-refractivity contribution in [2.75, 3.05) is 13.1 Å². The zero-order valence-electron chi connectivity index (χ0n) is 15.0. The van der Waals surface area contributed by atoms with E-state index in [4.69, 9.17) is 4.98 Å². The molecule has 0 saturated carbocycles. The highest BCUT2D eigenvalue weighted by Gasteiger charge is 2.24. The van der Waals surface area contributed by atoms with Crippen LogP contribution in [0.5, 0.6) is 0 Å². The lowest BCUT2D eigenvalue weighted by Crippen LogP contribution is -2.37. The van der Waals surface area contributed by atoms with E-state index in [0.29, 0.717) is 5.82 Å². The fourth-order valence-electron chi connectivity index (χ4n) is 3.79. The van der Waals surface area contributed by atoms with Gasteiger partial charge in [0.25, 0.3) is 0 Å². The van der Waals surface area contributed by atoms with Gasteiger partial charge in [0.1, 0.15) is 5.52 Å². The molecule has 0 unspecified atom stereocenters. The van der Waals surface area contributed by atoms with Crippen LogP contribution in [-0.4, -0.2) is 53.0 Å². The van der Waals surface area contributed by atoms with Crippen LogP contribution in [0.3, 0.4) is 0 Å². The number of likely N-dealkylation sites (tertiary alicyclic amines) is 1. The second kappa shape index (κ2) is 6.15. The normalized spacial score (nSPS) is 15.7. The summed E-state index contributed by atoms with van der Waals surface area (Å²) in [6.45, 7) is 3.17. The van der Waals surface area contributed by atoms with Crippen LogP contribution < -0.4 is 0 Å². The van der Waals surface area contributed by atoms with Crippen molar-refractivity contribution in [1.29, 1.82) is 0 Å². The molecule has 0 aromatic carbocycles. The molecule has 0 radical (unpaired) electrons. The summed E-state index contributed by atoms with van der Waals surface area (Å²) in [5, 5.41) is 4.38. The standard InChI is InChI=1S/C19H19N7O/c1-13(27)24-8-5-14(6-9-24)25-12-21-16-11-20-18(23-19(16)25)15-10-22-26-7-3-2-4-17(15)26/h2-4,7,10-12,14H,5-6,8-9H2,1H3. The van der Waals surface area contributed by atoms with Crippen molar-refractivity contribution in [2.45, 2.75) is 25.8 Å². The summed E-state index contributed by atoms with van der Waals surface area (Å²) in [6, 6.07) is 6.21. The summed E-state index contributed by atoms with van der Waals surface area (Å²) in [7, 11) is 0. The third-order valence-corrected chi connectivity index (χ3v) is 5.29. The monoisotopic (exact) mass is 361 g/mol. The average molecular weight is 361 g/mol. The van der Waals surface area contributed by atoms with Gasteiger partial charge in [-0.25, -0.2) is 19.5 Å². The van der Waals surface area contributed by atoms with E-state index < -0.39 is 0 Å². The molecule has 0 aliphatic carbocycles. The Morgan fingerprint density at radius 3 is 2.81 bits per heavy atom. The highest BCUT2D eigenvalue weighted by Crippen LogP contribution is 2.27.